The molecule has 0 bridgehead atoms. The molecule has 3 rings (SSSR count). The maximum Gasteiger partial charge on any atom is 0.265 e. The lowest BCUT2D eigenvalue weighted by Crippen LogP contribution is -2.26. The molecule has 0 spiro atoms. The lowest BCUT2D eigenvalue weighted by molar-refractivity contribution is 0.0952. The quantitative estimate of drug-likeness (QED) is 0.679. The highest BCUT2D eigenvalue weighted by atomic mass is 35.5. The molecule has 0 saturated heterocycles. The van der Waals surface area contributed by atoms with Crippen LogP contribution < -0.4 is 10.6 Å². The summed E-state index contributed by atoms with van der Waals surface area (Å²) in [6.07, 6.45) is 4.21. The van der Waals surface area contributed by atoms with Crippen LogP contribution >= 0.6 is 22.9 Å². The predicted molar refractivity (Wildman–Crippen MR) is 103 cm³/mol. The molecule has 6 nitrogen and oxygen atoms in total. The van der Waals surface area contributed by atoms with Gasteiger partial charge in [-0.2, -0.15) is 0 Å². The number of rotatable bonds is 6. The van der Waals surface area contributed by atoms with E-state index in [9.17, 15) is 9.59 Å². The molecule has 2 heterocycles. The monoisotopic (exact) mass is 388 g/mol. The van der Waals surface area contributed by atoms with Gasteiger partial charge in [-0.25, -0.2) is 4.98 Å². The van der Waals surface area contributed by atoms with Crippen molar-refractivity contribution in [3.05, 3.63) is 69.4 Å². The lowest BCUT2D eigenvalue weighted by atomic mass is 10.2. The number of hydrogen-bond donors (Lipinski definition) is 2. The van der Waals surface area contributed by atoms with E-state index in [1.165, 1.54) is 11.3 Å². The molecule has 0 saturated carbocycles. The van der Waals surface area contributed by atoms with E-state index in [1.807, 2.05) is 23.2 Å². The topological polar surface area (TPSA) is 76.0 Å². The van der Waals surface area contributed by atoms with E-state index in [4.69, 9.17) is 11.6 Å². The molecular formula is C18H17ClN4O2S. The van der Waals surface area contributed by atoms with Gasteiger partial charge in [0, 0.05) is 38.0 Å². The van der Waals surface area contributed by atoms with Crippen molar-refractivity contribution < 1.29 is 9.59 Å². The Labute approximate surface area is 159 Å². The van der Waals surface area contributed by atoms with Crippen molar-refractivity contribution in [2.75, 3.05) is 11.9 Å². The fraction of sp³-hybridized carbons (Fsp3) is 0.167. The normalized spacial score (nSPS) is 10.5. The molecule has 2 aromatic heterocycles. The van der Waals surface area contributed by atoms with Crippen LogP contribution in [0.3, 0.4) is 0 Å². The summed E-state index contributed by atoms with van der Waals surface area (Å²) in [6.45, 7) is 0.462. The van der Waals surface area contributed by atoms with E-state index in [0.717, 1.165) is 5.82 Å². The molecule has 2 amide bonds. The average Bonchev–Trinajstić information content (AvgIpc) is 3.29. The molecule has 2 N–H and O–H groups in total. The molecule has 0 aliphatic rings. The second-order valence-electron chi connectivity index (χ2n) is 5.59. The van der Waals surface area contributed by atoms with Crippen molar-refractivity contribution in [3.8, 4) is 0 Å². The van der Waals surface area contributed by atoms with Crippen molar-refractivity contribution in [1.82, 2.24) is 14.9 Å². The number of imidazole rings is 1. The van der Waals surface area contributed by atoms with Gasteiger partial charge < -0.3 is 15.2 Å². The summed E-state index contributed by atoms with van der Waals surface area (Å²) >= 11 is 7.48. The Morgan fingerprint density at radius 3 is 2.81 bits per heavy atom. The van der Waals surface area contributed by atoms with Crippen LogP contribution in [0.15, 0.2) is 48.1 Å². The standard InChI is InChI=1S/C18H17ClN4O2S/c1-23-9-8-20-16(23)6-7-21-17(24)12-4-5-13(19)14(11-12)22-18(25)15-3-2-10-26-15/h2-5,8-11H,6-7H2,1H3,(H,21,24)(H,22,25). The van der Waals surface area contributed by atoms with Gasteiger partial charge >= 0.3 is 0 Å². The van der Waals surface area contributed by atoms with Crippen LogP contribution in [0.2, 0.25) is 5.02 Å². The number of nitrogens with zero attached hydrogens (tertiary/aromatic N) is 2. The van der Waals surface area contributed by atoms with Gasteiger partial charge in [0.05, 0.1) is 15.6 Å². The van der Waals surface area contributed by atoms with Crippen LogP contribution in [0, 0.1) is 0 Å². The van der Waals surface area contributed by atoms with Gasteiger partial charge in [-0.05, 0) is 29.6 Å². The first-order valence-electron chi connectivity index (χ1n) is 7.93. The van der Waals surface area contributed by atoms with E-state index in [0.29, 0.717) is 34.1 Å². The minimum Gasteiger partial charge on any atom is -0.352 e. The Kier molecular flexibility index (Phi) is 5.70. The number of amides is 2. The van der Waals surface area contributed by atoms with Gasteiger partial charge in [0.15, 0.2) is 0 Å². The minimum absolute atomic E-state index is 0.234. The second-order valence-corrected chi connectivity index (χ2v) is 6.94. The van der Waals surface area contributed by atoms with Gasteiger partial charge in [-0.15, -0.1) is 11.3 Å². The highest BCUT2D eigenvalue weighted by molar-refractivity contribution is 7.12. The molecule has 26 heavy (non-hydrogen) atoms. The van der Waals surface area contributed by atoms with E-state index < -0.39 is 0 Å². The fourth-order valence-corrected chi connectivity index (χ4v) is 3.16. The Hall–Kier alpha value is -2.64. The van der Waals surface area contributed by atoms with Crippen LogP contribution in [0.5, 0.6) is 0 Å². The zero-order chi connectivity index (χ0) is 18.5. The SMILES string of the molecule is Cn1ccnc1CCNC(=O)c1ccc(Cl)c(NC(=O)c2cccs2)c1. The van der Waals surface area contributed by atoms with Crippen molar-refractivity contribution in [2.24, 2.45) is 7.05 Å². The minimum atomic E-state index is -0.255. The van der Waals surface area contributed by atoms with Crippen molar-refractivity contribution >= 4 is 40.4 Å². The summed E-state index contributed by atoms with van der Waals surface area (Å²) in [7, 11) is 1.91. The number of carbonyl (C=O) groups excluding carboxylic acids is 2. The van der Waals surface area contributed by atoms with Gasteiger partial charge in [0.25, 0.3) is 11.8 Å². The number of aryl methyl sites for hydroxylation is 1. The molecule has 0 atom stereocenters. The van der Waals surface area contributed by atoms with Crippen molar-refractivity contribution in [2.45, 2.75) is 6.42 Å². The summed E-state index contributed by atoms with van der Waals surface area (Å²) in [5, 5.41) is 7.78. The highest BCUT2D eigenvalue weighted by Crippen LogP contribution is 2.24. The van der Waals surface area contributed by atoms with Crippen LogP contribution in [0.1, 0.15) is 25.9 Å². The maximum absolute atomic E-state index is 12.3. The number of anilines is 1. The predicted octanol–water partition coefficient (Wildman–Crippen LogP) is 3.36. The number of aromatic nitrogens is 2. The first-order chi connectivity index (χ1) is 12.5. The second kappa shape index (κ2) is 8.16. The number of hydrogen-bond acceptors (Lipinski definition) is 4. The Bertz CT molecular complexity index is 921. The van der Waals surface area contributed by atoms with E-state index in [1.54, 1.807) is 36.5 Å². The first-order valence-corrected chi connectivity index (χ1v) is 9.19. The molecule has 0 radical (unpaired) electrons. The number of thiophene rings is 1. The highest BCUT2D eigenvalue weighted by Gasteiger charge is 2.13. The summed E-state index contributed by atoms with van der Waals surface area (Å²) in [6, 6.07) is 8.32. The summed E-state index contributed by atoms with van der Waals surface area (Å²) in [4.78, 5) is 29.3. The largest absolute Gasteiger partial charge is 0.352 e. The molecule has 1 aromatic carbocycles. The number of nitrogens with one attached hydrogen (secondary N) is 2. The molecular weight excluding hydrogens is 372 g/mol. The third-order valence-corrected chi connectivity index (χ3v) is 4.98. The van der Waals surface area contributed by atoms with Crippen LogP contribution in [0.25, 0.3) is 0 Å². The zero-order valence-electron chi connectivity index (χ0n) is 14.0. The summed E-state index contributed by atoms with van der Waals surface area (Å²) in [5.74, 6) is 0.405. The van der Waals surface area contributed by atoms with E-state index in [2.05, 4.69) is 15.6 Å². The zero-order valence-corrected chi connectivity index (χ0v) is 15.6. The number of carbonyl (C=O) groups is 2. The Balaban J connectivity index is 1.63. The smallest absolute Gasteiger partial charge is 0.265 e. The lowest BCUT2D eigenvalue weighted by Gasteiger charge is -2.10. The van der Waals surface area contributed by atoms with Gasteiger partial charge in [0.2, 0.25) is 0 Å². The third-order valence-electron chi connectivity index (χ3n) is 3.78. The van der Waals surface area contributed by atoms with Gasteiger partial charge in [-0.1, -0.05) is 17.7 Å². The molecule has 0 aliphatic carbocycles. The summed E-state index contributed by atoms with van der Waals surface area (Å²) < 4.78 is 1.91. The molecule has 0 unspecified atom stereocenters. The number of benzene rings is 1. The molecule has 3 aromatic rings. The third kappa shape index (κ3) is 4.30. The van der Waals surface area contributed by atoms with E-state index in [-0.39, 0.29) is 11.8 Å². The van der Waals surface area contributed by atoms with Gasteiger partial charge in [0.1, 0.15) is 5.82 Å². The van der Waals surface area contributed by atoms with Crippen LogP contribution in [-0.2, 0) is 13.5 Å². The van der Waals surface area contributed by atoms with E-state index >= 15 is 0 Å². The Morgan fingerprint density at radius 2 is 2.12 bits per heavy atom. The molecule has 0 fully saturated rings. The fourth-order valence-electron chi connectivity index (χ4n) is 2.38. The van der Waals surface area contributed by atoms with Gasteiger partial charge in [-0.3, -0.25) is 9.59 Å². The van der Waals surface area contributed by atoms with Crippen LogP contribution in [-0.4, -0.2) is 27.9 Å². The molecule has 134 valence electrons. The van der Waals surface area contributed by atoms with Crippen molar-refractivity contribution in [1.29, 1.82) is 0 Å². The summed E-state index contributed by atoms with van der Waals surface area (Å²) in [5.41, 5.74) is 0.831. The number of halogens is 1. The molecule has 8 heteroatoms. The van der Waals surface area contributed by atoms with Crippen LogP contribution in [0.4, 0.5) is 5.69 Å². The Morgan fingerprint density at radius 1 is 1.27 bits per heavy atom. The average molecular weight is 389 g/mol. The van der Waals surface area contributed by atoms with Crippen molar-refractivity contribution in [3.63, 3.8) is 0 Å². The first kappa shape index (κ1) is 18.2. The maximum atomic E-state index is 12.3. The molecule has 0 aliphatic heterocycles.